The van der Waals surface area contributed by atoms with Gasteiger partial charge < -0.3 is 15.8 Å². The number of nitrogens with one attached hydrogen (secondary N) is 1. The molecule has 4 rings (SSSR count). The van der Waals surface area contributed by atoms with Crippen molar-refractivity contribution in [1.29, 1.82) is 0 Å². The summed E-state index contributed by atoms with van der Waals surface area (Å²) < 4.78 is 5.91. The number of rotatable bonds is 4. The first-order valence-corrected chi connectivity index (χ1v) is 9.69. The van der Waals surface area contributed by atoms with Crippen LogP contribution < -0.4 is 20.7 Å². The fourth-order valence-corrected chi connectivity index (χ4v) is 3.96. The van der Waals surface area contributed by atoms with Gasteiger partial charge in [0, 0.05) is 24.5 Å². The van der Waals surface area contributed by atoms with Crippen molar-refractivity contribution in [2.24, 2.45) is 5.73 Å². The van der Waals surface area contributed by atoms with Crippen LogP contribution >= 0.6 is 0 Å². The minimum absolute atomic E-state index is 0.0324. The molecular formula is C21H24N4O3. The van der Waals surface area contributed by atoms with E-state index in [2.05, 4.69) is 16.4 Å². The molecule has 0 saturated heterocycles. The van der Waals surface area contributed by atoms with Gasteiger partial charge >= 0.3 is 6.03 Å². The summed E-state index contributed by atoms with van der Waals surface area (Å²) in [5.41, 5.74) is 7.90. The lowest BCUT2D eigenvalue weighted by Crippen LogP contribution is -2.46. The number of benzene rings is 1. The SMILES string of the molecule is NC(=O)c1cccnc1OC1CCC(NC(=O)N2CCc3ccccc32)CC1. The zero-order valence-electron chi connectivity index (χ0n) is 15.6. The molecule has 3 amide bonds. The summed E-state index contributed by atoms with van der Waals surface area (Å²) in [7, 11) is 0. The molecule has 28 heavy (non-hydrogen) atoms. The highest BCUT2D eigenvalue weighted by Gasteiger charge is 2.29. The number of hydrogen-bond donors (Lipinski definition) is 2. The van der Waals surface area contributed by atoms with Crippen molar-refractivity contribution in [1.82, 2.24) is 10.3 Å². The fourth-order valence-electron chi connectivity index (χ4n) is 3.96. The van der Waals surface area contributed by atoms with Crippen molar-refractivity contribution in [2.75, 3.05) is 11.4 Å². The lowest BCUT2D eigenvalue weighted by molar-refractivity contribution is 0.0980. The molecular weight excluding hydrogens is 356 g/mol. The third kappa shape index (κ3) is 3.78. The maximum atomic E-state index is 12.7. The number of primary amides is 1. The first-order valence-electron chi connectivity index (χ1n) is 9.69. The lowest BCUT2D eigenvalue weighted by atomic mass is 9.93. The number of amides is 3. The molecule has 2 aliphatic rings. The normalized spacial score (nSPS) is 21.1. The average Bonchev–Trinajstić information content (AvgIpc) is 3.14. The lowest BCUT2D eigenvalue weighted by Gasteiger charge is -2.30. The summed E-state index contributed by atoms with van der Waals surface area (Å²) in [6.07, 6.45) is 5.67. The van der Waals surface area contributed by atoms with Crippen molar-refractivity contribution in [3.05, 3.63) is 53.7 Å². The quantitative estimate of drug-likeness (QED) is 0.852. The standard InChI is InChI=1S/C21H24N4O3/c22-19(26)17-5-3-12-23-20(17)28-16-9-7-15(8-10-16)24-21(27)25-13-11-14-4-1-2-6-18(14)25/h1-6,12,15-16H,7-11,13H2,(H2,22,26)(H,24,27). The Morgan fingerprint density at radius 3 is 2.68 bits per heavy atom. The molecule has 0 spiro atoms. The number of carbonyl (C=O) groups is 2. The number of nitrogens with zero attached hydrogens (tertiary/aromatic N) is 2. The zero-order chi connectivity index (χ0) is 19.5. The van der Waals surface area contributed by atoms with E-state index in [1.165, 1.54) is 5.56 Å². The number of carbonyl (C=O) groups excluding carboxylic acids is 2. The van der Waals surface area contributed by atoms with Crippen LogP contribution in [0.5, 0.6) is 5.88 Å². The summed E-state index contributed by atoms with van der Waals surface area (Å²) in [4.78, 5) is 30.2. The summed E-state index contributed by atoms with van der Waals surface area (Å²) in [6.45, 7) is 0.721. The molecule has 2 heterocycles. The van der Waals surface area contributed by atoms with Crippen molar-refractivity contribution in [2.45, 2.75) is 44.2 Å². The van der Waals surface area contributed by atoms with Crippen LogP contribution in [0.2, 0.25) is 0 Å². The van der Waals surface area contributed by atoms with Gasteiger partial charge in [-0.25, -0.2) is 9.78 Å². The predicted molar refractivity (Wildman–Crippen MR) is 105 cm³/mol. The van der Waals surface area contributed by atoms with E-state index in [4.69, 9.17) is 10.5 Å². The van der Waals surface area contributed by atoms with E-state index in [1.807, 2.05) is 23.1 Å². The number of fused-ring (bicyclic) bond motifs is 1. The molecule has 0 radical (unpaired) electrons. The zero-order valence-corrected chi connectivity index (χ0v) is 15.6. The molecule has 1 aromatic carbocycles. The highest BCUT2D eigenvalue weighted by molar-refractivity contribution is 5.95. The number of aromatic nitrogens is 1. The Kier molecular flexibility index (Phi) is 5.14. The number of nitrogens with two attached hydrogens (primary N) is 1. The second-order valence-electron chi connectivity index (χ2n) is 7.29. The van der Waals surface area contributed by atoms with Gasteiger partial charge in [-0.15, -0.1) is 0 Å². The van der Waals surface area contributed by atoms with Gasteiger partial charge in [0.25, 0.3) is 5.91 Å². The summed E-state index contributed by atoms with van der Waals surface area (Å²) in [6, 6.07) is 11.4. The van der Waals surface area contributed by atoms with Gasteiger partial charge in [0.2, 0.25) is 5.88 Å². The van der Waals surface area contributed by atoms with Gasteiger partial charge in [0.15, 0.2) is 0 Å². The van der Waals surface area contributed by atoms with E-state index in [0.29, 0.717) is 5.56 Å². The van der Waals surface area contributed by atoms with Gasteiger partial charge in [-0.2, -0.15) is 0 Å². The van der Waals surface area contributed by atoms with E-state index in [1.54, 1.807) is 18.3 Å². The summed E-state index contributed by atoms with van der Waals surface area (Å²) >= 11 is 0. The molecule has 1 fully saturated rings. The van der Waals surface area contributed by atoms with Gasteiger partial charge in [0.1, 0.15) is 11.7 Å². The highest BCUT2D eigenvalue weighted by Crippen LogP contribution is 2.28. The third-order valence-electron chi connectivity index (χ3n) is 5.45. The van der Waals surface area contributed by atoms with Crippen LogP contribution in [-0.4, -0.2) is 35.6 Å². The molecule has 7 nitrogen and oxygen atoms in total. The molecule has 1 aliphatic carbocycles. The van der Waals surface area contributed by atoms with Crippen LogP contribution in [0.1, 0.15) is 41.6 Å². The number of ether oxygens (including phenoxy) is 1. The first kappa shape index (κ1) is 18.3. The van der Waals surface area contributed by atoms with Crippen LogP contribution in [-0.2, 0) is 6.42 Å². The minimum Gasteiger partial charge on any atom is -0.474 e. The van der Waals surface area contributed by atoms with Crippen molar-refractivity contribution >= 4 is 17.6 Å². The van der Waals surface area contributed by atoms with Gasteiger partial charge in [0.05, 0.1) is 0 Å². The molecule has 146 valence electrons. The summed E-state index contributed by atoms with van der Waals surface area (Å²) in [5.74, 6) is -0.258. The predicted octanol–water partition coefficient (Wildman–Crippen LogP) is 2.64. The Morgan fingerprint density at radius 2 is 1.89 bits per heavy atom. The van der Waals surface area contributed by atoms with E-state index in [9.17, 15) is 9.59 Å². The maximum Gasteiger partial charge on any atom is 0.322 e. The number of pyridine rings is 1. The second kappa shape index (κ2) is 7.88. The van der Waals surface area contributed by atoms with Crippen LogP contribution in [0, 0.1) is 0 Å². The third-order valence-corrected chi connectivity index (χ3v) is 5.45. The maximum absolute atomic E-state index is 12.7. The minimum atomic E-state index is -0.546. The van der Waals surface area contributed by atoms with Crippen LogP contribution in [0.15, 0.2) is 42.6 Å². The van der Waals surface area contributed by atoms with E-state index < -0.39 is 5.91 Å². The van der Waals surface area contributed by atoms with Gasteiger partial charge in [-0.05, 0) is 55.9 Å². The summed E-state index contributed by atoms with van der Waals surface area (Å²) in [5, 5.41) is 3.16. The number of urea groups is 1. The molecule has 2 aromatic rings. The molecule has 0 unspecified atom stereocenters. The topological polar surface area (TPSA) is 97.5 Å². The Hall–Kier alpha value is -3.09. The van der Waals surface area contributed by atoms with E-state index >= 15 is 0 Å². The number of anilines is 1. The first-order chi connectivity index (χ1) is 13.6. The Morgan fingerprint density at radius 1 is 1.11 bits per heavy atom. The molecule has 0 atom stereocenters. The van der Waals surface area contributed by atoms with Gasteiger partial charge in [-0.1, -0.05) is 18.2 Å². The average molecular weight is 380 g/mol. The van der Waals surface area contributed by atoms with Crippen LogP contribution in [0.25, 0.3) is 0 Å². The van der Waals surface area contributed by atoms with Crippen LogP contribution in [0.4, 0.5) is 10.5 Å². The monoisotopic (exact) mass is 380 g/mol. The second-order valence-corrected chi connectivity index (χ2v) is 7.29. The van der Waals surface area contributed by atoms with Crippen molar-refractivity contribution in [3.8, 4) is 5.88 Å². The number of para-hydroxylation sites is 1. The van der Waals surface area contributed by atoms with Crippen molar-refractivity contribution < 1.29 is 14.3 Å². The smallest absolute Gasteiger partial charge is 0.322 e. The molecule has 1 aromatic heterocycles. The Balaban J connectivity index is 1.30. The largest absolute Gasteiger partial charge is 0.474 e. The Labute approximate surface area is 163 Å². The molecule has 1 saturated carbocycles. The number of hydrogen-bond acceptors (Lipinski definition) is 4. The molecule has 0 bridgehead atoms. The molecule has 1 aliphatic heterocycles. The van der Waals surface area contributed by atoms with Gasteiger partial charge in [-0.3, -0.25) is 9.69 Å². The van der Waals surface area contributed by atoms with E-state index in [-0.39, 0.29) is 24.1 Å². The fraction of sp³-hybridized carbons (Fsp3) is 0.381. The highest BCUT2D eigenvalue weighted by atomic mass is 16.5. The Bertz CT molecular complexity index is 877. The molecule has 3 N–H and O–H groups in total. The molecule has 7 heteroatoms. The van der Waals surface area contributed by atoms with E-state index in [0.717, 1.165) is 44.3 Å². The van der Waals surface area contributed by atoms with Crippen molar-refractivity contribution in [3.63, 3.8) is 0 Å². The van der Waals surface area contributed by atoms with Crippen LogP contribution in [0.3, 0.4) is 0 Å².